The Kier molecular flexibility index (Phi) is 5.15. The van der Waals surface area contributed by atoms with Crippen molar-refractivity contribution in [2.24, 2.45) is 13.0 Å². The van der Waals surface area contributed by atoms with Crippen LogP contribution in [0.3, 0.4) is 0 Å². The molecule has 2 amide bonds. The quantitative estimate of drug-likeness (QED) is 0.745. The van der Waals surface area contributed by atoms with Gasteiger partial charge in [0.1, 0.15) is 11.9 Å². The highest BCUT2D eigenvalue weighted by Crippen LogP contribution is 2.11. The Morgan fingerprint density at radius 2 is 2.13 bits per heavy atom. The molecule has 3 N–H and O–H groups in total. The summed E-state index contributed by atoms with van der Waals surface area (Å²) in [6.07, 6.45) is 3.72. The van der Waals surface area contributed by atoms with Gasteiger partial charge in [0.05, 0.1) is 17.5 Å². The first-order valence-corrected chi connectivity index (χ1v) is 7.48. The highest BCUT2D eigenvalue weighted by Gasteiger charge is 2.24. The van der Waals surface area contributed by atoms with Gasteiger partial charge in [-0.25, -0.2) is 0 Å². The molecule has 8 nitrogen and oxygen atoms in total. The molecule has 1 atom stereocenters. The average molecular weight is 318 g/mol. The van der Waals surface area contributed by atoms with Gasteiger partial charge in [0.2, 0.25) is 5.91 Å². The number of carbonyl (C=O) groups excluding carboxylic acids is 2. The van der Waals surface area contributed by atoms with E-state index in [0.29, 0.717) is 23.5 Å². The SMILES string of the molecule is Cc1nn(C)cc1C(=O)N[C@H](CC(C)C)C(=O)Nc1ccn[nH]1. The van der Waals surface area contributed by atoms with E-state index in [1.54, 1.807) is 37.1 Å². The number of aromatic amines is 1. The molecule has 124 valence electrons. The number of nitrogens with one attached hydrogen (secondary N) is 3. The summed E-state index contributed by atoms with van der Waals surface area (Å²) in [5.41, 5.74) is 1.10. The summed E-state index contributed by atoms with van der Waals surface area (Å²) in [5.74, 6) is 0.164. The van der Waals surface area contributed by atoms with Gasteiger partial charge in [-0.05, 0) is 19.3 Å². The maximum atomic E-state index is 12.4. The van der Waals surface area contributed by atoms with Gasteiger partial charge in [-0.2, -0.15) is 10.2 Å². The predicted octanol–water partition coefficient (Wildman–Crippen LogP) is 1.23. The molecule has 2 rings (SSSR count). The van der Waals surface area contributed by atoms with Crippen molar-refractivity contribution in [3.8, 4) is 0 Å². The number of anilines is 1. The summed E-state index contributed by atoms with van der Waals surface area (Å²) >= 11 is 0. The molecule has 0 radical (unpaired) electrons. The van der Waals surface area contributed by atoms with Crippen LogP contribution in [-0.4, -0.2) is 37.8 Å². The number of hydrogen-bond donors (Lipinski definition) is 3. The summed E-state index contributed by atoms with van der Waals surface area (Å²) < 4.78 is 1.58. The van der Waals surface area contributed by atoms with E-state index in [1.807, 2.05) is 13.8 Å². The van der Waals surface area contributed by atoms with Crippen molar-refractivity contribution in [1.29, 1.82) is 0 Å². The summed E-state index contributed by atoms with van der Waals surface area (Å²) in [5, 5.41) is 16.1. The number of aryl methyl sites for hydroxylation is 2. The lowest BCUT2D eigenvalue weighted by molar-refractivity contribution is -0.118. The van der Waals surface area contributed by atoms with Crippen LogP contribution in [0.4, 0.5) is 5.82 Å². The molecular formula is C15H22N6O2. The van der Waals surface area contributed by atoms with Gasteiger partial charge < -0.3 is 10.6 Å². The number of aromatic nitrogens is 4. The van der Waals surface area contributed by atoms with Crippen LogP contribution in [0, 0.1) is 12.8 Å². The Morgan fingerprint density at radius 3 is 2.65 bits per heavy atom. The number of amides is 2. The zero-order chi connectivity index (χ0) is 17.0. The zero-order valence-electron chi connectivity index (χ0n) is 13.8. The predicted molar refractivity (Wildman–Crippen MR) is 85.9 cm³/mol. The molecule has 2 aromatic rings. The van der Waals surface area contributed by atoms with Gasteiger partial charge in [0.25, 0.3) is 5.91 Å². The number of rotatable bonds is 6. The first-order chi connectivity index (χ1) is 10.9. The van der Waals surface area contributed by atoms with Gasteiger partial charge >= 0.3 is 0 Å². The third-order valence-corrected chi connectivity index (χ3v) is 3.35. The fourth-order valence-electron chi connectivity index (χ4n) is 2.31. The van der Waals surface area contributed by atoms with Gasteiger partial charge in [0, 0.05) is 19.3 Å². The lowest BCUT2D eigenvalue weighted by atomic mass is 10.0. The molecule has 0 aliphatic heterocycles. The monoisotopic (exact) mass is 318 g/mol. The van der Waals surface area contributed by atoms with E-state index in [-0.39, 0.29) is 17.7 Å². The van der Waals surface area contributed by atoms with Crippen molar-refractivity contribution in [1.82, 2.24) is 25.3 Å². The number of hydrogen-bond acceptors (Lipinski definition) is 4. The van der Waals surface area contributed by atoms with E-state index in [0.717, 1.165) is 0 Å². The van der Waals surface area contributed by atoms with Gasteiger partial charge in [-0.15, -0.1) is 0 Å². The molecule has 0 aliphatic rings. The maximum Gasteiger partial charge on any atom is 0.255 e. The van der Waals surface area contributed by atoms with Crippen LogP contribution in [0.5, 0.6) is 0 Å². The first-order valence-electron chi connectivity index (χ1n) is 7.48. The van der Waals surface area contributed by atoms with Crippen LogP contribution < -0.4 is 10.6 Å². The van der Waals surface area contributed by atoms with E-state index in [4.69, 9.17) is 0 Å². The zero-order valence-corrected chi connectivity index (χ0v) is 13.8. The summed E-state index contributed by atoms with van der Waals surface area (Å²) in [6.45, 7) is 5.76. The fourth-order valence-corrected chi connectivity index (χ4v) is 2.31. The Hall–Kier alpha value is -2.64. The molecule has 23 heavy (non-hydrogen) atoms. The van der Waals surface area contributed by atoms with E-state index < -0.39 is 6.04 Å². The molecule has 0 aromatic carbocycles. The number of nitrogens with zero attached hydrogens (tertiary/aromatic N) is 3. The van der Waals surface area contributed by atoms with Crippen molar-refractivity contribution in [2.75, 3.05) is 5.32 Å². The lowest BCUT2D eigenvalue weighted by Crippen LogP contribution is -2.44. The average Bonchev–Trinajstić information content (AvgIpc) is 3.07. The van der Waals surface area contributed by atoms with E-state index >= 15 is 0 Å². The second-order valence-corrected chi connectivity index (χ2v) is 5.92. The smallest absolute Gasteiger partial charge is 0.255 e. The van der Waals surface area contributed by atoms with Crippen molar-refractivity contribution >= 4 is 17.6 Å². The third kappa shape index (κ3) is 4.41. The molecule has 0 bridgehead atoms. The standard InChI is InChI=1S/C15H22N6O2/c1-9(2)7-12(15(23)18-13-5-6-16-19-13)17-14(22)11-8-21(4)20-10(11)3/h5-6,8-9,12H,7H2,1-4H3,(H,17,22)(H2,16,18,19,23)/t12-/m1/s1. The van der Waals surface area contributed by atoms with Gasteiger partial charge in [-0.3, -0.25) is 19.4 Å². The minimum atomic E-state index is -0.634. The maximum absolute atomic E-state index is 12.4. The van der Waals surface area contributed by atoms with Crippen LogP contribution in [0.1, 0.15) is 36.3 Å². The molecule has 0 saturated carbocycles. The number of H-pyrrole nitrogens is 1. The van der Waals surface area contributed by atoms with Gasteiger partial charge in [-0.1, -0.05) is 13.8 Å². The van der Waals surface area contributed by atoms with E-state index in [1.165, 1.54) is 0 Å². The topological polar surface area (TPSA) is 105 Å². The summed E-state index contributed by atoms with van der Waals surface area (Å²) in [6, 6.07) is 1.02. The first kappa shape index (κ1) is 16.7. The Morgan fingerprint density at radius 1 is 1.39 bits per heavy atom. The third-order valence-electron chi connectivity index (χ3n) is 3.35. The lowest BCUT2D eigenvalue weighted by Gasteiger charge is -2.19. The minimum Gasteiger partial charge on any atom is -0.340 e. The Bertz CT molecular complexity index is 674. The van der Waals surface area contributed by atoms with E-state index in [9.17, 15) is 9.59 Å². The van der Waals surface area contributed by atoms with Crippen LogP contribution in [0.2, 0.25) is 0 Å². The minimum absolute atomic E-state index is 0.253. The summed E-state index contributed by atoms with van der Waals surface area (Å²) in [7, 11) is 1.75. The second-order valence-electron chi connectivity index (χ2n) is 5.92. The molecule has 2 aromatic heterocycles. The van der Waals surface area contributed by atoms with Gasteiger partial charge in [0.15, 0.2) is 0 Å². The Balaban J connectivity index is 2.10. The molecule has 0 saturated heterocycles. The van der Waals surface area contributed by atoms with Crippen molar-refractivity contribution in [3.63, 3.8) is 0 Å². The molecule has 2 heterocycles. The highest BCUT2D eigenvalue weighted by molar-refractivity contribution is 6.01. The molecule has 0 aliphatic carbocycles. The molecular weight excluding hydrogens is 296 g/mol. The van der Waals surface area contributed by atoms with Crippen LogP contribution in [0.15, 0.2) is 18.5 Å². The van der Waals surface area contributed by atoms with Crippen LogP contribution >= 0.6 is 0 Å². The van der Waals surface area contributed by atoms with Crippen molar-refractivity contribution in [3.05, 3.63) is 29.7 Å². The Labute approximate surface area is 134 Å². The highest BCUT2D eigenvalue weighted by atomic mass is 16.2. The largest absolute Gasteiger partial charge is 0.340 e. The second kappa shape index (κ2) is 7.08. The molecule has 0 spiro atoms. The number of carbonyl (C=O) groups is 2. The van der Waals surface area contributed by atoms with Crippen LogP contribution in [0.25, 0.3) is 0 Å². The molecule has 0 fully saturated rings. The van der Waals surface area contributed by atoms with E-state index in [2.05, 4.69) is 25.9 Å². The molecule has 0 unspecified atom stereocenters. The summed E-state index contributed by atoms with van der Waals surface area (Å²) in [4.78, 5) is 24.8. The normalized spacial score (nSPS) is 12.2. The van der Waals surface area contributed by atoms with Crippen LogP contribution in [-0.2, 0) is 11.8 Å². The fraction of sp³-hybridized carbons (Fsp3) is 0.467. The van der Waals surface area contributed by atoms with Crippen molar-refractivity contribution < 1.29 is 9.59 Å². The molecule has 8 heteroatoms. The van der Waals surface area contributed by atoms with Crippen molar-refractivity contribution in [2.45, 2.75) is 33.2 Å².